The van der Waals surface area contributed by atoms with Crippen LogP contribution >= 0.6 is 11.3 Å². The van der Waals surface area contributed by atoms with Gasteiger partial charge in [0.1, 0.15) is 0 Å². The molecule has 0 spiro atoms. The molecule has 2 aliphatic carbocycles. The normalized spacial score (nSPS) is 24.6. The summed E-state index contributed by atoms with van der Waals surface area (Å²) in [6.45, 7) is 2.09. The second-order valence-corrected chi connectivity index (χ2v) is 7.66. The standard InChI is InChI=1S/C17H23NO3S/c1-10-13-7-2-3-8-14(13)22-16(10)18-15(19)11-5-4-6-12(9-11)17(20)21/h11-12H,2-9H2,1H3,(H,18,19)(H,20,21). The fraction of sp³-hybridized carbons (Fsp3) is 0.647. The zero-order valence-electron chi connectivity index (χ0n) is 13.0. The summed E-state index contributed by atoms with van der Waals surface area (Å²) in [5.41, 5.74) is 2.65. The van der Waals surface area contributed by atoms with Gasteiger partial charge in [-0.3, -0.25) is 9.59 Å². The molecule has 2 atom stereocenters. The molecule has 0 aliphatic heterocycles. The molecule has 2 N–H and O–H groups in total. The number of fused-ring (bicyclic) bond motifs is 1. The molecule has 22 heavy (non-hydrogen) atoms. The lowest BCUT2D eigenvalue weighted by Crippen LogP contribution is -2.30. The van der Waals surface area contributed by atoms with Crippen LogP contribution in [-0.2, 0) is 22.4 Å². The zero-order chi connectivity index (χ0) is 15.7. The highest BCUT2D eigenvalue weighted by Gasteiger charge is 2.31. The van der Waals surface area contributed by atoms with Crippen LogP contribution in [0, 0.1) is 18.8 Å². The monoisotopic (exact) mass is 321 g/mol. The molecule has 2 aliphatic rings. The Morgan fingerprint density at radius 3 is 2.59 bits per heavy atom. The first-order valence-electron chi connectivity index (χ1n) is 8.21. The van der Waals surface area contributed by atoms with E-state index in [0.717, 1.165) is 30.7 Å². The third-order valence-corrected chi connectivity index (χ3v) is 6.38. The number of aryl methyl sites for hydroxylation is 1. The van der Waals surface area contributed by atoms with Crippen LogP contribution in [0.1, 0.15) is 54.5 Å². The van der Waals surface area contributed by atoms with E-state index >= 15 is 0 Å². The summed E-state index contributed by atoms with van der Waals surface area (Å²) < 4.78 is 0. The third kappa shape index (κ3) is 3.05. The minimum absolute atomic E-state index is 0.00708. The van der Waals surface area contributed by atoms with Gasteiger partial charge in [0, 0.05) is 10.8 Å². The topological polar surface area (TPSA) is 66.4 Å². The van der Waals surface area contributed by atoms with Gasteiger partial charge in [-0.25, -0.2) is 0 Å². The first kappa shape index (κ1) is 15.5. The summed E-state index contributed by atoms with van der Waals surface area (Å²) in [6, 6.07) is 0. The molecule has 0 saturated heterocycles. The van der Waals surface area contributed by atoms with Gasteiger partial charge in [-0.15, -0.1) is 11.3 Å². The van der Waals surface area contributed by atoms with Gasteiger partial charge < -0.3 is 10.4 Å². The summed E-state index contributed by atoms with van der Waals surface area (Å²) in [5, 5.41) is 13.2. The van der Waals surface area contributed by atoms with Crippen molar-refractivity contribution in [3.63, 3.8) is 0 Å². The third-order valence-electron chi connectivity index (χ3n) is 5.07. The molecule has 1 heterocycles. The van der Waals surface area contributed by atoms with Crippen molar-refractivity contribution in [1.29, 1.82) is 0 Å². The Balaban J connectivity index is 1.69. The van der Waals surface area contributed by atoms with Crippen molar-refractivity contribution in [2.45, 2.75) is 58.3 Å². The fourth-order valence-electron chi connectivity index (χ4n) is 3.71. The first-order valence-corrected chi connectivity index (χ1v) is 9.02. The van der Waals surface area contributed by atoms with Gasteiger partial charge >= 0.3 is 5.97 Å². The molecule has 5 heteroatoms. The molecule has 0 bridgehead atoms. The molecule has 1 aromatic rings. The van der Waals surface area contributed by atoms with E-state index in [1.807, 2.05) is 0 Å². The predicted molar refractivity (Wildman–Crippen MR) is 87.4 cm³/mol. The van der Waals surface area contributed by atoms with Gasteiger partial charge in [0.25, 0.3) is 0 Å². The summed E-state index contributed by atoms with van der Waals surface area (Å²) in [7, 11) is 0. The Hall–Kier alpha value is -1.36. The summed E-state index contributed by atoms with van der Waals surface area (Å²) in [4.78, 5) is 25.1. The van der Waals surface area contributed by atoms with Crippen molar-refractivity contribution in [3.8, 4) is 0 Å². The van der Waals surface area contributed by atoms with Gasteiger partial charge in [0.2, 0.25) is 5.91 Å². The largest absolute Gasteiger partial charge is 0.481 e. The summed E-state index contributed by atoms with van der Waals surface area (Å²) in [5.74, 6) is -1.27. The van der Waals surface area contributed by atoms with E-state index in [4.69, 9.17) is 5.11 Å². The van der Waals surface area contributed by atoms with Crippen LogP contribution < -0.4 is 5.32 Å². The molecular weight excluding hydrogens is 298 g/mol. The minimum atomic E-state index is -0.764. The van der Waals surface area contributed by atoms with E-state index in [1.54, 1.807) is 11.3 Å². The lowest BCUT2D eigenvalue weighted by Gasteiger charge is -2.25. The van der Waals surface area contributed by atoms with Crippen LogP contribution in [0.4, 0.5) is 5.00 Å². The summed E-state index contributed by atoms with van der Waals surface area (Å²) >= 11 is 1.71. The van der Waals surface area contributed by atoms with E-state index in [2.05, 4.69) is 12.2 Å². The molecular formula is C17H23NO3S. The van der Waals surface area contributed by atoms with Crippen molar-refractivity contribution < 1.29 is 14.7 Å². The van der Waals surface area contributed by atoms with Crippen LogP contribution in [0.25, 0.3) is 0 Å². The molecule has 1 aromatic heterocycles. The van der Waals surface area contributed by atoms with Crippen molar-refractivity contribution in [2.75, 3.05) is 5.32 Å². The predicted octanol–water partition coefficient (Wildman–Crippen LogP) is 3.76. The molecule has 1 amide bonds. The highest BCUT2D eigenvalue weighted by Crippen LogP contribution is 2.38. The van der Waals surface area contributed by atoms with Crippen LogP contribution in [0.15, 0.2) is 0 Å². The second-order valence-electron chi connectivity index (χ2n) is 6.55. The average Bonchev–Trinajstić information content (AvgIpc) is 2.84. The van der Waals surface area contributed by atoms with E-state index in [-0.39, 0.29) is 17.7 Å². The van der Waals surface area contributed by atoms with Crippen LogP contribution in [0.2, 0.25) is 0 Å². The fourth-order valence-corrected chi connectivity index (χ4v) is 5.01. The molecule has 2 unspecified atom stereocenters. The lowest BCUT2D eigenvalue weighted by molar-refractivity contribution is -0.143. The number of carbonyl (C=O) groups excluding carboxylic acids is 1. The number of carbonyl (C=O) groups is 2. The van der Waals surface area contributed by atoms with Gasteiger partial charge in [-0.05, 0) is 63.0 Å². The smallest absolute Gasteiger partial charge is 0.306 e. The van der Waals surface area contributed by atoms with Crippen molar-refractivity contribution >= 4 is 28.2 Å². The number of carboxylic acid groups (broad SMARTS) is 1. The van der Waals surface area contributed by atoms with E-state index < -0.39 is 5.97 Å². The number of aliphatic carboxylic acids is 1. The van der Waals surface area contributed by atoms with Crippen LogP contribution in [0.3, 0.4) is 0 Å². The van der Waals surface area contributed by atoms with Gasteiger partial charge in [0.05, 0.1) is 10.9 Å². The maximum absolute atomic E-state index is 12.5. The number of carboxylic acids is 1. The Morgan fingerprint density at radius 2 is 1.86 bits per heavy atom. The van der Waals surface area contributed by atoms with Crippen molar-refractivity contribution in [1.82, 2.24) is 0 Å². The number of nitrogens with one attached hydrogen (secondary N) is 1. The molecule has 4 nitrogen and oxygen atoms in total. The maximum Gasteiger partial charge on any atom is 0.306 e. The number of hydrogen-bond donors (Lipinski definition) is 2. The molecule has 120 valence electrons. The number of thiophene rings is 1. The molecule has 1 fully saturated rings. The Bertz CT molecular complexity index is 593. The SMILES string of the molecule is Cc1c(NC(=O)C2CCCC(C(=O)O)C2)sc2c1CCCC2. The Morgan fingerprint density at radius 1 is 1.14 bits per heavy atom. The van der Waals surface area contributed by atoms with Crippen molar-refractivity contribution in [2.24, 2.45) is 11.8 Å². The average molecular weight is 321 g/mol. The van der Waals surface area contributed by atoms with Gasteiger partial charge in [-0.1, -0.05) is 6.42 Å². The molecule has 0 radical (unpaired) electrons. The zero-order valence-corrected chi connectivity index (χ0v) is 13.8. The van der Waals surface area contributed by atoms with Gasteiger partial charge in [-0.2, -0.15) is 0 Å². The summed E-state index contributed by atoms with van der Waals surface area (Å²) in [6.07, 6.45) is 7.54. The quantitative estimate of drug-likeness (QED) is 0.890. The van der Waals surface area contributed by atoms with Crippen molar-refractivity contribution in [3.05, 3.63) is 16.0 Å². The first-order chi connectivity index (χ1) is 10.6. The van der Waals surface area contributed by atoms with E-state index in [0.29, 0.717) is 12.8 Å². The molecule has 0 aromatic carbocycles. The second kappa shape index (κ2) is 6.41. The minimum Gasteiger partial charge on any atom is -0.481 e. The lowest BCUT2D eigenvalue weighted by atomic mass is 9.81. The Kier molecular flexibility index (Phi) is 4.52. The highest BCUT2D eigenvalue weighted by atomic mass is 32.1. The van der Waals surface area contributed by atoms with E-state index in [1.165, 1.54) is 28.8 Å². The number of rotatable bonds is 3. The van der Waals surface area contributed by atoms with E-state index in [9.17, 15) is 9.59 Å². The van der Waals surface area contributed by atoms with Crippen LogP contribution in [-0.4, -0.2) is 17.0 Å². The molecule has 1 saturated carbocycles. The van der Waals surface area contributed by atoms with Gasteiger partial charge in [0.15, 0.2) is 0 Å². The Labute approximate surface area is 134 Å². The number of amides is 1. The highest BCUT2D eigenvalue weighted by molar-refractivity contribution is 7.16. The van der Waals surface area contributed by atoms with Crippen LogP contribution in [0.5, 0.6) is 0 Å². The number of anilines is 1. The maximum atomic E-state index is 12.5. The number of hydrogen-bond acceptors (Lipinski definition) is 3. The molecule has 3 rings (SSSR count).